The van der Waals surface area contributed by atoms with Crippen molar-refractivity contribution >= 4 is 0 Å². The standard InChI is InChI=1S/C22H37NO2/c1-18(2)6-3-4-15-25-21-11-9-19(10-12-21)13-14-22(23,17-24)16-20-7-5-8-20/h9-12,18,20,24H,3-8,13-17,23H2,1-2H3. The number of unbranched alkanes of at least 4 members (excludes halogenated alkanes) is 1. The molecule has 3 N–H and O–H groups in total. The van der Waals surface area contributed by atoms with Crippen LogP contribution in [0.5, 0.6) is 5.75 Å². The summed E-state index contributed by atoms with van der Waals surface area (Å²) in [4.78, 5) is 0. The fraction of sp³-hybridized carbons (Fsp3) is 0.727. The van der Waals surface area contributed by atoms with E-state index >= 15 is 0 Å². The molecule has 3 nitrogen and oxygen atoms in total. The Kier molecular flexibility index (Phi) is 8.25. The van der Waals surface area contributed by atoms with Crippen LogP contribution < -0.4 is 10.5 Å². The maximum Gasteiger partial charge on any atom is 0.119 e. The van der Waals surface area contributed by atoms with Crippen LogP contribution in [0.1, 0.15) is 70.8 Å². The van der Waals surface area contributed by atoms with Crippen LogP contribution >= 0.6 is 0 Å². The molecule has 1 aromatic carbocycles. The fourth-order valence-electron chi connectivity index (χ4n) is 3.51. The van der Waals surface area contributed by atoms with Gasteiger partial charge in [-0.1, -0.05) is 51.7 Å². The van der Waals surface area contributed by atoms with E-state index in [-0.39, 0.29) is 6.61 Å². The monoisotopic (exact) mass is 347 g/mol. The van der Waals surface area contributed by atoms with Gasteiger partial charge in [0.25, 0.3) is 0 Å². The number of rotatable bonds is 12. The van der Waals surface area contributed by atoms with Gasteiger partial charge in [-0.05, 0) is 61.6 Å². The zero-order valence-electron chi connectivity index (χ0n) is 16.2. The second kappa shape index (κ2) is 10.2. The first-order valence-electron chi connectivity index (χ1n) is 10.1. The van der Waals surface area contributed by atoms with Crippen molar-refractivity contribution in [1.82, 2.24) is 0 Å². The average Bonchev–Trinajstić information content (AvgIpc) is 2.57. The number of benzene rings is 1. The van der Waals surface area contributed by atoms with Crippen LogP contribution in [-0.4, -0.2) is 23.9 Å². The first-order chi connectivity index (χ1) is 12.0. The highest BCUT2D eigenvalue weighted by Gasteiger charge is 2.30. The van der Waals surface area contributed by atoms with E-state index in [0.29, 0.717) is 0 Å². The van der Waals surface area contributed by atoms with E-state index in [1.165, 1.54) is 37.7 Å². The Balaban J connectivity index is 1.70. The molecule has 0 spiro atoms. The largest absolute Gasteiger partial charge is 0.494 e. The Labute approximate surface area is 154 Å². The number of aliphatic hydroxyl groups is 1. The molecule has 2 rings (SSSR count). The Morgan fingerprint density at radius 1 is 1.20 bits per heavy atom. The predicted molar refractivity (Wildman–Crippen MR) is 105 cm³/mol. The molecule has 142 valence electrons. The fourth-order valence-corrected chi connectivity index (χ4v) is 3.51. The van der Waals surface area contributed by atoms with Gasteiger partial charge in [0, 0.05) is 5.54 Å². The van der Waals surface area contributed by atoms with Crippen LogP contribution in [-0.2, 0) is 6.42 Å². The molecule has 25 heavy (non-hydrogen) atoms. The Morgan fingerprint density at radius 3 is 2.48 bits per heavy atom. The van der Waals surface area contributed by atoms with Crippen molar-refractivity contribution in [1.29, 1.82) is 0 Å². The minimum absolute atomic E-state index is 0.0844. The summed E-state index contributed by atoms with van der Waals surface area (Å²) in [6.45, 7) is 5.40. The zero-order chi connectivity index (χ0) is 18.1. The van der Waals surface area contributed by atoms with E-state index in [9.17, 15) is 5.11 Å². The van der Waals surface area contributed by atoms with Crippen LogP contribution in [0.3, 0.4) is 0 Å². The highest BCUT2D eigenvalue weighted by molar-refractivity contribution is 5.27. The van der Waals surface area contributed by atoms with E-state index in [4.69, 9.17) is 10.5 Å². The summed E-state index contributed by atoms with van der Waals surface area (Å²) < 4.78 is 5.82. The molecule has 0 bridgehead atoms. The quantitative estimate of drug-likeness (QED) is 0.539. The summed E-state index contributed by atoms with van der Waals surface area (Å²) in [5.74, 6) is 2.45. The normalized spacial score (nSPS) is 17.3. The van der Waals surface area contributed by atoms with Crippen LogP contribution in [0.15, 0.2) is 24.3 Å². The van der Waals surface area contributed by atoms with Crippen LogP contribution in [0.25, 0.3) is 0 Å². The SMILES string of the molecule is CC(C)CCCCOc1ccc(CCC(N)(CO)CC2CCC2)cc1. The van der Waals surface area contributed by atoms with Gasteiger partial charge in [0.05, 0.1) is 13.2 Å². The van der Waals surface area contributed by atoms with Crippen molar-refractivity contribution in [3.63, 3.8) is 0 Å². The molecular weight excluding hydrogens is 310 g/mol. The first kappa shape index (κ1) is 20.3. The molecule has 1 fully saturated rings. The lowest BCUT2D eigenvalue weighted by Crippen LogP contribution is -2.46. The van der Waals surface area contributed by atoms with Gasteiger partial charge in [-0.3, -0.25) is 0 Å². The molecule has 1 aliphatic rings. The molecule has 1 saturated carbocycles. The highest BCUT2D eigenvalue weighted by Crippen LogP contribution is 2.34. The second-order valence-electron chi connectivity index (χ2n) is 8.40. The summed E-state index contributed by atoms with van der Waals surface area (Å²) in [5.41, 5.74) is 7.27. The number of aliphatic hydroxyl groups excluding tert-OH is 1. The van der Waals surface area contributed by atoms with Gasteiger partial charge >= 0.3 is 0 Å². The number of aryl methyl sites for hydroxylation is 1. The Morgan fingerprint density at radius 2 is 1.92 bits per heavy atom. The first-order valence-corrected chi connectivity index (χ1v) is 10.1. The molecule has 0 saturated heterocycles. The van der Waals surface area contributed by atoms with E-state index in [1.807, 2.05) is 0 Å². The van der Waals surface area contributed by atoms with Gasteiger partial charge < -0.3 is 15.6 Å². The molecule has 1 aliphatic carbocycles. The number of ether oxygens (including phenoxy) is 1. The van der Waals surface area contributed by atoms with Crippen molar-refractivity contribution in [2.45, 2.75) is 77.2 Å². The third-order valence-corrected chi connectivity index (χ3v) is 5.51. The molecule has 0 radical (unpaired) electrons. The third-order valence-electron chi connectivity index (χ3n) is 5.51. The average molecular weight is 348 g/mol. The highest BCUT2D eigenvalue weighted by atomic mass is 16.5. The predicted octanol–water partition coefficient (Wildman–Crippen LogP) is 4.70. The summed E-state index contributed by atoms with van der Waals surface area (Å²) in [6.07, 6.45) is 10.2. The molecule has 0 heterocycles. The lowest BCUT2D eigenvalue weighted by molar-refractivity contribution is 0.135. The van der Waals surface area contributed by atoms with Crippen LogP contribution in [0.4, 0.5) is 0 Å². The van der Waals surface area contributed by atoms with Gasteiger partial charge in [-0.2, -0.15) is 0 Å². The number of nitrogens with two attached hydrogens (primary N) is 1. The zero-order valence-corrected chi connectivity index (χ0v) is 16.2. The number of hydrogen-bond donors (Lipinski definition) is 2. The topological polar surface area (TPSA) is 55.5 Å². The van der Waals surface area contributed by atoms with Gasteiger partial charge in [-0.15, -0.1) is 0 Å². The lowest BCUT2D eigenvalue weighted by atomic mass is 9.75. The van der Waals surface area contributed by atoms with Crippen molar-refractivity contribution in [2.75, 3.05) is 13.2 Å². The van der Waals surface area contributed by atoms with Gasteiger partial charge in [0.2, 0.25) is 0 Å². The van der Waals surface area contributed by atoms with Crippen molar-refractivity contribution in [3.05, 3.63) is 29.8 Å². The minimum atomic E-state index is -0.420. The van der Waals surface area contributed by atoms with Crippen LogP contribution in [0, 0.1) is 11.8 Å². The van der Waals surface area contributed by atoms with Crippen LogP contribution in [0.2, 0.25) is 0 Å². The summed E-state index contributed by atoms with van der Waals surface area (Å²) in [6, 6.07) is 8.37. The van der Waals surface area contributed by atoms with Gasteiger partial charge in [0.15, 0.2) is 0 Å². The van der Waals surface area contributed by atoms with Crippen molar-refractivity contribution in [3.8, 4) is 5.75 Å². The second-order valence-corrected chi connectivity index (χ2v) is 8.40. The molecule has 0 aromatic heterocycles. The molecule has 0 amide bonds. The van der Waals surface area contributed by atoms with Gasteiger partial charge in [0.1, 0.15) is 5.75 Å². The molecule has 0 aliphatic heterocycles. The van der Waals surface area contributed by atoms with E-state index in [0.717, 1.165) is 49.9 Å². The van der Waals surface area contributed by atoms with Crippen molar-refractivity contribution < 1.29 is 9.84 Å². The van der Waals surface area contributed by atoms with Gasteiger partial charge in [-0.25, -0.2) is 0 Å². The van der Waals surface area contributed by atoms with E-state index < -0.39 is 5.54 Å². The molecular formula is C22H37NO2. The van der Waals surface area contributed by atoms with E-state index in [2.05, 4.69) is 38.1 Å². The maximum absolute atomic E-state index is 9.71. The molecule has 3 heteroatoms. The number of hydrogen-bond acceptors (Lipinski definition) is 3. The smallest absolute Gasteiger partial charge is 0.119 e. The minimum Gasteiger partial charge on any atom is -0.494 e. The maximum atomic E-state index is 9.71. The summed E-state index contributed by atoms with van der Waals surface area (Å²) >= 11 is 0. The summed E-state index contributed by atoms with van der Waals surface area (Å²) in [5, 5.41) is 9.71. The van der Waals surface area contributed by atoms with Crippen molar-refractivity contribution in [2.24, 2.45) is 17.6 Å². The molecule has 1 atom stereocenters. The molecule has 1 unspecified atom stereocenters. The molecule has 1 aromatic rings. The summed E-state index contributed by atoms with van der Waals surface area (Å²) in [7, 11) is 0. The lowest BCUT2D eigenvalue weighted by Gasteiger charge is -2.35. The Hall–Kier alpha value is -1.06. The Bertz CT molecular complexity index is 481. The third kappa shape index (κ3) is 7.37. The van der Waals surface area contributed by atoms with E-state index in [1.54, 1.807) is 0 Å².